The molecule has 0 aromatic heterocycles. The van der Waals surface area contributed by atoms with Crippen LogP contribution in [0, 0.1) is 5.92 Å². The van der Waals surface area contributed by atoms with Crippen LogP contribution in [0.15, 0.2) is 18.2 Å². The lowest BCUT2D eigenvalue weighted by Crippen LogP contribution is -2.35. The number of fused-ring (bicyclic) bond motifs is 1. The summed E-state index contributed by atoms with van der Waals surface area (Å²) in [6.45, 7) is 7.79. The smallest absolute Gasteiger partial charge is 0.142 e. The van der Waals surface area contributed by atoms with Crippen molar-refractivity contribution in [2.75, 3.05) is 38.1 Å². The zero-order chi connectivity index (χ0) is 13.1. The van der Waals surface area contributed by atoms with Gasteiger partial charge in [-0.2, -0.15) is 0 Å². The van der Waals surface area contributed by atoms with Gasteiger partial charge in [-0.3, -0.25) is 0 Å². The van der Waals surface area contributed by atoms with Gasteiger partial charge in [0.2, 0.25) is 0 Å². The summed E-state index contributed by atoms with van der Waals surface area (Å²) < 4.78 is 5.61. The summed E-state index contributed by atoms with van der Waals surface area (Å²) in [6, 6.07) is 6.57. The van der Waals surface area contributed by atoms with Crippen molar-refractivity contribution in [1.29, 1.82) is 0 Å². The minimum absolute atomic E-state index is 0.776. The first kappa shape index (κ1) is 12.8. The maximum Gasteiger partial charge on any atom is 0.142 e. The second kappa shape index (κ2) is 5.83. The minimum Gasteiger partial charge on any atom is -0.490 e. The Hall–Kier alpha value is -1.22. The highest BCUT2D eigenvalue weighted by atomic mass is 16.5. The molecule has 1 aromatic rings. The first-order valence-corrected chi connectivity index (χ1v) is 7.53. The van der Waals surface area contributed by atoms with Gasteiger partial charge in [-0.15, -0.1) is 0 Å². The van der Waals surface area contributed by atoms with Crippen molar-refractivity contribution in [1.82, 2.24) is 4.90 Å². The lowest BCUT2D eigenvalue weighted by Gasteiger charge is -2.30. The molecule has 3 heteroatoms. The quantitative estimate of drug-likeness (QED) is 0.904. The van der Waals surface area contributed by atoms with Crippen LogP contribution in [-0.4, -0.2) is 37.7 Å². The SMILES string of the molecule is CC1CCCN(CCc2ccc3c(c2)NCCO3)C1. The van der Waals surface area contributed by atoms with E-state index >= 15 is 0 Å². The van der Waals surface area contributed by atoms with Crippen LogP contribution in [0.2, 0.25) is 0 Å². The van der Waals surface area contributed by atoms with Crippen molar-refractivity contribution in [2.45, 2.75) is 26.2 Å². The highest BCUT2D eigenvalue weighted by Crippen LogP contribution is 2.28. The average molecular weight is 260 g/mol. The third-order valence-electron chi connectivity index (χ3n) is 4.18. The van der Waals surface area contributed by atoms with Crippen LogP contribution < -0.4 is 10.1 Å². The summed E-state index contributed by atoms with van der Waals surface area (Å²) in [6.07, 6.45) is 3.90. The number of nitrogens with one attached hydrogen (secondary N) is 1. The van der Waals surface area contributed by atoms with Crippen LogP contribution >= 0.6 is 0 Å². The molecule has 3 rings (SSSR count). The third-order valence-corrected chi connectivity index (χ3v) is 4.18. The van der Waals surface area contributed by atoms with Crippen molar-refractivity contribution < 1.29 is 4.74 Å². The van der Waals surface area contributed by atoms with E-state index in [1.165, 1.54) is 38.0 Å². The lowest BCUT2D eigenvalue weighted by atomic mass is 10.00. The van der Waals surface area contributed by atoms with Crippen LogP contribution in [0.25, 0.3) is 0 Å². The Morgan fingerprint density at radius 3 is 3.26 bits per heavy atom. The molecule has 1 saturated heterocycles. The molecule has 0 bridgehead atoms. The number of nitrogens with zero attached hydrogens (tertiary/aromatic N) is 1. The molecule has 0 aliphatic carbocycles. The van der Waals surface area contributed by atoms with Crippen LogP contribution in [0.4, 0.5) is 5.69 Å². The molecule has 1 N–H and O–H groups in total. The number of piperidine rings is 1. The Morgan fingerprint density at radius 2 is 2.37 bits per heavy atom. The number of hydrogen-bond donors (Lipinski definition) is 1. The van der Waals surface area contributed by atoms with E-state index in [2.05, 4.69) is 35.3 Å². The van der Waals surface area contributed by atoms with Gasteiger partial charge in [0.15, 0.2) is 0 Å². The Kier molecular flexibility index (Phi) is 3.92. The zero-order valence-corrected chi connectivity index (χ0v) is 11.8. The van der Waals surface area contributed by atoms with Gasteiger partial charge in [-0.05, 0) is 49.4 Å². The zero-order valence-electron chi connectivity index (χ0n) is 11.8. The van der Waals surface area contributed by atoms with Crippen molar-refractivity contribution in [2.24, 2.45) is 5.92 Å². The van der Waals surface area contributed by atoms with E-state index in [9.17, 15) is 0 Å². The van der Waals surface area contributed by atoms with Gasteiger partial charge in [-0.1, -0.05) is 13.0 Å². The van der Waals surface area contributed by atoms with Gasteiger partial charge in [0.25, 0.3) is 0 Å². The van der Waals surface area contributed by atoms with Crippen LogP contribution in [0.3, 0.4) is 0 Å². The monoisotopic (exact) mass is 260 g/mol. The van der Waals surface area contributed by atoms with E-state index in [1.54, 1.807) is 0 Å². The predicted molar refractivity (Wildman–Crippen MR) is 79.0 cm³/mol. The van der Waals surface area contributed by atoms with Crippen LogP contribution in [-0.2, 0) is 6.42 Å². The molecule has 2 aliphatic heterocycles. The molecule has 2 aliphatic rings. The van der Waals surface area contributed by atoms with Gasteiger partial charge in [0.05, 0.1) is 5.69 Å². The van der Waals surface area contributed by atoms with Crippen LogP contribution in [0.1, 0.15) is 25.3 Å². The maximum atomic E-state index is 5.61. The lowest BCUT2D eigenvalue weighted by molar-refractivity contribution is 0.186. The summed E-state index contributed by atoms with van der Waals surface area (Å²) >= 11 is 0. The van der Waals surface area contributed by atoms with E-state index in [0.29, 0.717) is 0 Å². The van der Waals surface area contributed by atoms with Gasteiger partial charge in [-0.25, -0.2) is 0 Å². The number of ether oxygens (including phenoxy) is 1. The topological polar surface area (TPSA) is 24.5 Å². The Morgan fingerprint density at radius 1 is 1.42 bits per heavy atom. The van der Waals surface area contributed by atoms with Crippen LogP contribution in [0.5, 0.6) is 5.75 Å². The van der Waals surface area contributed by atoms with Crippen molar-refractivity contribution in [3.05, 3.63) is 23.8 Å². The Labute approximate surface area is 115 Å². The summed E-state index contributed by atoms with van der Waals surface area (Å²) in [5, 5.41) is 3.41. The number of hydrogen-bond acceptors (Lipinski definition) is 3. The average Bonchev–Trinajstić information content (AvgIpc) is 2.45. The first-order valence-electron chi connectivity index (χ1n) is 7.53. The fourth-order valence-corrected chi connectivity index (χ4v) is 3.12. The first-order chi connectivity index (χ1) is 9.31. The van der Waals surface area contributed by atoms with E-state index in [0.717, 1.165) is 36.9 Å². The van der Waals surface area contributed by atoms with Crippen molar-refractivity contribution >= 4 is 5.69 Å². The van der Waals surface area contributed by atoms with Crippen molar-refractivity contribution in [3.63, 3.8) is 0 Å². The number of anilines is 1. The van der Waals surface area contributed by atoms with Gasteiger partial charge < -0.3 is 15.0 Å². The highest BCUT2D eigenvalue weighted by Gasteiger charge is 2.16. The van der Waals surface area contributed by atoms with Gasteiger partial charge >= 0.3 is 0 Å². The molecule has 3 nitrogen and oxygen atoms in total. The predicted octanol–water partition coefficient (Wildman–Crippen LogP) is 2.77. The fraction of sp³-hybridized carbons (Fsp3) is 0.625. The van der Waals surface area contributed by atoms with Gasteiger partial charge in [0.1, 0.15) is 12.4 Å². The fourth-order valence-electron chi connectivity index (χ4n) is 3.12. The number of benzene rings is 1. The molecular formula is C16H24N2O. The molecule has 1 aromatic carbocycles. The van der Waals surface area contributed by atoms with Gasteiger partial charge in [0, 0.05) is 19.6 Å². The Balaban J connectivity index is 1.57. The summed E-state index contributed by atoms with van der Waals surface area (Å²) in [7, 11) is 0. The van der Waals surface area contributed by atoms with E-state index in [1.807, 2.05) is 0 Å². The van der Waals surface area contributed by atoms with Crippen molar-refractivity contribution in [3.8, 4) is 5.75 Å². The molecule has 2 heterocycles. The largest absolute Gasteiger partial charge is 0.490 e. The molecule has 0 radical (unpaired) electrons. The molecular weight excluding hydrogens is 236 g/mol. The molecule has 0 amide bonds. The second-order valence-corrected chi connectivity index (χ2v) is 5.90. The Bertz CT molecular complexity index is 433. The maximum absolute atomic E-state index is 5.61. The molecule has 104 valence electrons. The summed E-state index contributed by atoms with van der Waals surface area (Å²) in [5.74, 6) is 1.87. The third kappa shape index (κ3) is 3.21. The molecule has 19 heavy (non-hydrogen) atoms. The second-order valence-electron chi connectivity index (χ2n) is 5.90. The van der Waals surface area contributed by atoms with E-state index in [-0.39, 0.29) is 0 Å². The highest BCUT2D eigenvalue weighted by molar-refractivity contribution is 5.59. The normalized spacial score (nSPS) is 23.3. The summed E-state index contributed by atoms with van der Waals surface area (Å²) in [5.41, 5.74) is 2.57. The molecule has 0 saturated carbocycles. The number of likely N-dealkylation sites (tertiary alicyclic amines) is 1. The minimum atomic E-state index is 0.776. The summed E-state index contributed by atoms with van der Waals surface area (Å²) in [4.78, 5) is 2.61. The molecule has 1 fully saturated rings. The molecule has 1 unspecified atom stereocenters. The van der Waals surface area contributed by atoms with E-state index in [4.69, 9.17) is 4.74 Å². The van der Waals surface area contributed by atoms with E-state index < -0.39 is 0 Å². The number of rotatable bonds is 3. The molecule has 1 atom stereocenters. The standard InChI is InChI=1S/C16H24N2O/c1-13-3-2-8-18(12-13)9-6-14-4-5-16-15(11-14)17-7-10-19-16/h4-5,11,13,17H,2-3,6-10,12H2,1H3. The molecule has 0 spiro atoms.